The number of carbonyl (C=O) groups is 2. The molecule has 1 aromatic heterocycles. The SMILES string of the molecule is COc1ccccc1NC(=O)Cc1nc(C)c(CC(=O)O)s1. The normalized spacial score (nSPS) is 10.3. The van der Waals surface area contributed by atoms with E-state index in [9.17, 15) is 9.59 Å². The summed E-state index contributed by atoms with van der Waals surface area (Å²) in [6, 6.07) is 7.13. The molecule has 0 aliphatic heterocycles. The molecule has 0 atom stereocenters. The molecule has 0 bridgehead atoms. The number of hydrogen-bond acceptors (Lipinski definition) is 5. The number of carbonyl (C=O) groups excluding carboxylic acids is 1. The Morgan fingerprint density at radius 2 is 2.05 bits per heavy atom. The Balaban J connectivity index is 2.04. The van der Waals surface area contributed by atoms with Crippen LogP contribution >= 0.6 is 11.3 Å². The van der Waals surface area contributed by atoms with E-state index in [0.29, 0.717) is 27.0 Å². The average Bonchev–Trinajstić information content (AvgIpc) is 2.78. The maximum atomic E-state index is 12.1. The fraction of sp³-hybridized carbons (Fsp3) is 0.267. The van der Waals surface area contributed by atoms with E-state index in [-0.39, 0.29) is 18.7 Å². The summed E-state index contributed by atoms with van der Waals surface area (Å²) in [7, 11) is 1.54. The first-order chi connectivity index (χ1) is 10.5. The Bertz CT molecular complexity index is 697. The number of thiazole rings is 1. The summed E-state index contributed by atoms with van der Waals surface area (Å²) in [4.78, 5) is 27.8. The first-order valence-corrected chi connectivity index (χ1v) is 7.41. The van der Waals surface area contributed by atoms with Gasteiger partial charge in [0.25, 0.3) is 0 Å². The van der Waals surface area contributed by atoms with E-state index in [1.807, 2.05) is 6.07 Å². The molecule has 6 nitrogen and oxygen atoms in total. The fourth-order valence-electron chi connectivity index (χ4n) is 1.94. The number of nitrogens with zero attached hydrogens (tertiary/aromatic N) is 1. The highest BCUT2D eigenvalue weighted by molar-refractivity contribution is 7.12. The molecule has 2 aromatic rings. The minimum Gasteiger partial charge on any atom is -0.495 e. The summed E-state index contributed by atoms with van der Waals surface area (Å²) in [5.74, 6) is -0.547. The number of benzene rings is 1. The van der Waals surface area contributed by atoms with E-state index in [0.717, 1.165) is 0 Å². The summed E-state index contributed by atoms with van der Waals surface area (Å²) in [5, 5.41) is 12.2. The molecule has 0 fully saturated rings. The molecule has 22 heavy (non-hydrogen) atoms. The van der Waals surface area contributed by atoms with Crippen LogP contribution in [-0.4, -0.2) is 29.1 Å². The molecule has 7 heteroatoms. The summed E-state index contributed by atoms with van der Waals surface area (Å²) in [5.41, 5.74) is 1.25. The third-order valence-electron chi connectivity index (χ3n) is 2.94. The van der Waals surface area contributed by atoms with Crippen molar-refractivity contribution in [3.8, 4) is 5.75 Å². The Hall–Kier alpha value is -2.41. The standard InChI is InChI=1S/C15H16N2O4S/c1-9-12(7-15(19)20)22-14(16-9)8-13(18)17-10-5-3-4-6-11(10)21-2/h3-6H,7-8H2,1-2H3,(H,17,18)(H,19,20). The number of aliphatic carboxylic acids is 1. The van der Waals surface area contributed by atoms with Gasteiger partial charge in [-0.3, -0.25) is 9.59 Å². The van der Waals surface area contributed by atoms with E-state index < -0.39 is 5.97 Å². The minimum absolute atomic E-state index is 0.0718. The van der Waals surface area contributed by atoms with Crippen LogP contribution in [-0.2, 0) is 22.4 Å². The number of amides is 1. The number of rotatable bonds is 6. The number of para-hydroxylation sites is 2. The molecule has 1 aromatic carbocycles. The third-order valence-corrected chi connectivity index (χ3v) is 4.10. The molecule has 0 radical (unpaired) electrons. The summed E-state index contributed by atoms with van der Waals surface area (Å²) in [6.07, 6.45) is 0.0286. The number of nitrogens with one attached hydrogen (secondary N) is 1. The van der Waals surface area contributed by atoms with Gasteiger partial charge in [0.05, 0.1) is 31.3 Å². The molecule has 2 N–H and O–H groups in total. The molecule has 0 saturated carbocycles. The van der Waals surface area contributed by atoms with Crippen LogP contribution in [0.4, 0.5) is 5.69 Å². The largest absolute Gasteiger partial charge is 0.495 e. The van der Waals surface area contributed by atoms with Gasteiger partial charge in [0.1, 0.15) is 10.8 Å². The Morgan fingerprint density at radius 1 is 1.32 bits per heavy atom. The van der Waals surface area contributed by atoms with Gasteiger partial charge in [-0.2, -0.15) is 0 Å². The summed E-state index contributed by atoms with van der Waals surface area (Å²) < 4.78 is 5.17. The number of ether oxygens (including phenoxy) is 1. The zero-order valence-electron chi connectivity index (χ0n) is 12.3. The number of anilines is 1. The van der Waals surface area contributed by atoms with Gasteiger partial charge in [-0.1, -0.05) is 12.1 Å². The quantitative estimate of drug-likeness (QED) is 0.852. The number of methoxy groups -OCH3 is 1. The van der Waals surface area contributed by atoms with Crippen molar-refractivity contribution in [2.45, 2.75) is 19.8 Å². The van der Waals surface area contributed by atoms with Crippen molar-refractivity contribution in [1.82, 2.24) is 4.98 Å². The highest BCUT2D eigenvalue weighted by Gasteiger charge is 2.14. The average molecular weight is 320 g/mol. The van der Waals surface area contributed by atoms with E-state index in [1.165, 1.54) is 18.4 Å². The maximum absolute atomic E-state index is 12.1. The molecule has 0 spiro atoms. The summed E-state index contributed by atoms with van der Waals surface area (Å²) >= 11 is 1.25. The van der Waals surface area contributed by atoms with Crippen molar-refractivity contribution in [2.75, 3.05) is 12.4 Å². The topological polar surface area (TPSA) is 88.5 Å². The van der Waals surface area contributed by atoms with E-state index in [2.05, 4.69) is 10.3 Å². The highest BCUT2D eigenvalue weighted by Crippen LogP contribution is 2.24. The second-order valence-electron chi connectivity index (χ2n) is 4.61. The molecule has 2 rings (SSSR count). The van der Waals surface area contributed by atoms with Crippen molar-refractivity contribution in [1.29, 1.82) is 0 Å². The second kappa shape index (κ2) is 7.04. The molecular weight excluding hydrogens is 304 g/mol. The lowest BCUT2D eigenvalue weighted by Crippen LogP contribution is -2.14. The van der Waals surface area contributed by atoms with Crippen LogP contribution in [0.5, 0.6) is 5.75 Å². The zero-order chi connectivity index (χ0) is 16.1. The van der Waals surface area contributed by atoms with Gasteiger partial charge in [-0.05, 0) is 19.1 Å². The number of carboxylic acid groups (broad SMARTS) is 1. The van der Waals surface area contributed by atoms with Gasteiger partial charge in [-0.25, -0.2) is 4.98 Å². The Labute approximate surface area is 131 Å². The molecule has 0 unspecified atom stereocenters. The van der Waals surface area contributed by atoms with Crippen LogP contribution in [0.15, 0.2) is 24.3 Å². The van der Waals surface area contributed by atoms with Crippen molar-refractivity contribution in [2.24, 2.45) is 0 Å². The van der Waals surface area contributed by atoms with Gasteiger partial charge in [0.15, 0.2) is 0 Å². The van der Waals surface area contributed by atoms with Crippen LogP contribution in [0.1, 0.15) is 15.6 Å². The highest BCUT2D eigenvalue weighted by atomic mass is 32.1. The first-order valence-electron chi connectivity index (χ1n) is 6.59. The molecule has 0 aliphatic carbocycles. The van der Waals surface area contributed by atoms with E-state index >= 15 is 0 Å². The van der Waals surface area contributed by atoms with Gasteiger partial charge in [-0.15, -0.1) is 11.3 Å². The lowest BCUT2D eigenvalue weighted by atomic mass is 10.3. The van der Waals surface area contributed by atoms with E-state index in [1.54, 1.807) is 25.1 Å². The second-order valence-corrected chi connectivity index (χ2v) is 5.78. The number of hydrogen-bond donors (Lipinski definition) is 2. The van der Waals surface area contributed by atoms with Crippen molar-refractivity contribution >= 4 is 28.9 Å². The first kappa shape index (κ1) is 16.0. The molecule has 116 valence electrons. The molecule has 1 amide bonds. The van der Waals surface area contributed by atoms with Gasteiger partial charge >= 0.3 is 5.97 Å². The zero-order valence-corrected chi connectivity index (χ0v) is 13.1. The van der Waals surface area contributed by atoms with E-state index in [4.69, 9.17) is 9.84 Å². The van der Waals surface area contributed by atoms with Crippen molar-refractivity contribution in [3.63, 3.8) is 0 Å². The molecular formula is C15H16N2O4S. The number of aromatic nitrogens is 1. The van der Waals surface area contributed by atoms with Crippen LogP contribution in [0.2, 0.25) is 0 Å². The Kier molecular flexibility index (Phi) is 5.11. The van der Waals surface area contributed by atoms with Gasteiger partial charge in [0.2, 0.25) is 5.91 Å². The predicted molar refractivity (Wildman–Crippen MR) is 83.5 cm³/mol. The van der Waals surface area contributed by atoms with Crippen LogP contribution in [0.25, 0.3) is 0 Å². The summed E-state index contributed by atoms with van der Waals surface area (Å²) in [6.45, 7) is 1.75. The monoisotopic (exact) mass is 320 g/mol. The van der Waals surface area contributed by atoms with Gasteiger partial charge < -0.3 is 15.2 Å². The van der Waals surface area contributed by atoms with Crippen molar-refractivity contribution in [3.05, 3.63) is 39.8 Å². The van der Waals surface area contributed by atoms with Crippen molar-refractivity contribution < 1.29 is 19.4 Å². The fourth-order valence-corrected chi connectivity index (χ4v) is 3.00. The number of aryl methyl sites for hydroxylation is 1. The van der Waals surface area contributed by atoms with Crippen LogP contribution < -0.4 is 10.1 Å². The third kappa shape index (κ3) is 4.05. The minimum atomic E-state index is -0.906. The lowest BCUT2D eigenvalue weighted by Gasteiger charge is -2.08. The smallest absolute Gasteiger partial charge is 0.308 e. The van der Waals surface area contributed by atoms with Crippen LogP contribution in [0.3, 0.4) is 0 Å². The number of carboxylic acids is 1. The lowest BCUT2D eigenvalue weighted by molar-refractivity contribution is -0.136. The molecule has 0 saturated heterocycles. The molecule has 1 heterocycles. The maximum Gasteiger partial charge on any atom is 0.308 e. The van der Waals surface area contributed by atoms with Crippen LogP contribution in [0, 0.1) is 6.92 Å². The Morgan fingerprint density at radius 3 is 2.73 bits per heavy atom. The molecule has 0 aliphatic rings. The van der Waals surface area contributed by atoms with Gasteiger partial charge in [0, 0.05) is 4.88 Å². The predicted octanol–water partition coefficient (Wildman–Crippen LogP) is 2.27.